The average molecular weight is 628 g/mol. The number of benzene rings is 2. The van der Waals surface area contributed by atoms with Gasteiger partial charge in [-0.05, 0) is 86.7 Å². The maximum Gasteiger partial charge on any atom is 0.295 e. The van der Waals surface area contributed by atoms with Crippen LogP contribution in [-0.4, -0.2) is 63.2 Å². The first-order chi connectivity index (χ1) is 21.6. The van der Waals surface area contributed by atoms with E-state index in [0.29, 0.717) is 49.4 Å². The van der Waals surface area contributed by atoms with E-state index in [1.807, 2.05) is 36.3 Å². The van der Waals surface area contributed by atoms with Crippen molar-refractivity contribution in [1.29, 1.82) is 0 Å². The number of nitrogens with two attached hydrogens (primary N) is 1. The van der Waals surface area contributed by atoms with Gasteiger partial charge in [-0.1, -0.05) is 31.1 Å². The van der Waals surface area contributed by atoms with Crippen molar-refractivity contribution in [1.82, 2.24) is 15.5 Å². The molecule has 0 aliphatic carbocycles. The summed E-state index contributed by atoms with van der Waals surface area (Å²) >= 11 is 0. The van der Waals surface area contributed by atoms with Crippen molar-refractivity contribution in [2.45, 2.75) is 64.1 Å². The van der Waals surface area contributed by atoms with Crippen molar-refractivity contribution in [2.24, 2.45) is 5.73 Å². The number of allylic oxidation sites excluding steroid dienone is 1. The number of carbonyl (C=O) groups is 2. The van der Waals surface area contributed by atoms with Crippen LogP contribution in [-0.2, 0) is 28.0 Å². The molecule has 4 rings (SSSR count). The first-order valence-corrected chi connectivity index (χ1v) is 15.1. The fourth-order valence-electron chi connectivity index (χ4n) is 5.48. The Hall–Kier alpha value is -3.85. The standard InChI is InChI=1S/C33H42FN5O3.CH2F2/c1-4-8-31(40)37-14-7-13-36-21-24-17-28-29(30(34)18-24)22-39(32(28)41)26-10-5-9-25(19-26)33(2,12-15-38(3)23-35)20-27-11-6-16-42-27;2-1-3/h5,9-10,12,15,17-19,27,36H,6-7,11,13-14,16,20-23,35H2,1-3H3,(H,37,40);1H2/b15-12-;/t27?,33-;/m1./s1. The van der Waals surface area contributed by atoms with Crippen molar-refractivity contribution in [3.8, 4) is 11.8 Å². The van der Waals surface area contributed by atoms with Gasteiger partial charge in [0.25, 0.3) is 11.8 Å². The molecule has 2 heterocycles. The highest BCUT2D eigenvalue weighted by molar-refractivity contribution is 6.10. The molecule has 2 aliphatic rings. The van der Waals surface area contributed by atoms with Gasteiger partial charge in [0.2, 0.25) is 6.93 Å². The Morgan fingerprint density at radius 1 is 1.27 bits per heavy atom. The predicted octanol–water partition coefficient (Wildman–Crippen LogP) is 4.68. The Morgan fingerprint density at radius 3 is 2.73 bits per heavy atom. The molecule has 0 spiro atoms. The highest BCUT2D eigenvalue weighted by Crippen LogP contribution is 2.38. The molecule has 2 atom stereocenters. The van der Waals surface area contributed by atoms with Gasteiger partial charge in [0.15, 0.2) is 0 Å². The van der Waals surface area contributed by atoms with Crippen LogP contribution < -0.4 is 21.3 Å². The second-order valence-electron chi connectivity index (χ2n) is 11.3. The van der Waals surface area contributed by atoms with Crippen LogP contribution in [0.1, 0.15) is 66.6 Å². The lowest BCUT2D eigenvalue weighted by Crippen LogP contribution is -2.28. The van der Waals surface area contributed by atoms with E-state index in [9.17, 15) is 18.4 Å². The van der Waals surface area contributed by atoms with Gasteiger partial charge in [-0.25, -0.2) is 13.2 Å². The van der Waals surface area contributed by atoms with E-state index < -0.39 is 6.93 Å². The van der Waals surface area contributed by atoms with E-state index in [0.717, 1.165) is 37.1 Å². The number of ether oxygens (including phenoxy) is 1. The van der Waals surface area contributed by atoms with Gasteiger partial charge < -0.3 is 30.9 Å². The maximum absolute atomic E-state index is 15.2. The number of anilines is 1. The smallest absolute Gasteiger partial charge is 0.295 e. The summed E-state index contributed by atoms with van der Waals surface area (Å²) in [5.41, 5.74) is 8.78. The number of amides is 2. The van der Waals surface area contributed by atoms with Gasteiger partial charge in [-0.15, -0.1) is 0 Å². The number of hydrogen-bond donors (Lipinski definition) is 3. The van der Waals surface area contributed by atoms with E-state index in [2.05, 4.69) is 41.5 Å². The molecule has 1 saturated heterocycles. The van der Waals surface area contributed by atoms with Crippen molar-refractivity contribution in [3.63, 3.8) is 0 Å². The molecule has 2 amide bonds. The normalized spacial score (nSPS) is 16.8. The van der Waals surface area contributed by atoms with Crippen molar-refractivity contribution >= 4 is 17.5 Å². The molecule has 45 heavy (non-hydrogen) atoms. The van der Waals surface area contributed by atoms with Crippen LogP contribution in [0.2, 0.25) is 0 Å². The second kappa shape index (κ2) is 17.6. The Morgan fingerprint density at radius 2 is 2.04 bits per heavy atom. The number of fused-ring (bicyclic) bond motifs is 1. The van der Waals surface area contributed by atoms with Crippen molar-refractivity contribution < 1.29 is 27.5 Å². The van der Waals surface area contributed by atoms with E-state index in [1.165, 1.54) is 6.07 Å². The Bertz CT molecular complexity index is 1390. The number of carbonyl (C=O) groups excluding carboxylic acids is 2. The highest BCUT2D eigenvalue weighted by Gasteiger charge is 2.34. The van der Waals surface area contributed by atoms with E-state index >= 15 is 4.39 Å². The Kier molecular flexibility index (Phi) is 13.9. The SMILES string of the molecule is CC#CC(=O)NCCCNCc1cc(F)c2c(c1)C(=O)N(c1cccc([C@](C)(/C=C\N(C)CN)CC3CCCO3)c1)C2.FCF. The van der Waals surface area contributed by atoms with Gasteiger partial charge in [0.1, 0.15) is 5.82 Å². The summed E-state index contributed by atoms with van der Waals surface area (Å²) in [6.07, 6.45) is 7.93. The first kappa shape index (κ1) is 35.6. The summed E-state index contributed by atoms with van der Waals surface area (Å²) in [7, 11) is 1.93. The quantitative estimate of drug-likeness (QED) is 0.170. The van der Waals surface area contributed by atoms with E-state index in [1.54, 1.807) is 17.9 Å². The largest absolute Gasteiger partial charge is 0.378 e. The zero-order valence-electron chi connectivity index (χ0n) is 26.3. The third-order valence-electron chi connectivity index (χ3n) is 7.91. The summed E-state index contributed by atoms with van der Waals surface area (Å²) in [6.45, 7) is 4.97. The van der Waals surface area contributed by atoms with Crippen LogP contribution in [0.25, 0.3) is 0 Å². The zero-order valence-corrected chi connectivity index (χ0v) is 26.3. The van der Waals surface area contributed by atoms with E-state index in [-0.39, 0.29) is 35.7 Å². The van der Waals surface area contributed by atoms with Crippen molar-refractivity contribution in [3.05, 3.63) is 76.7 Å². The fraction of sp³-hybridized carbons (Fsp3) is 0.471. The minimum atomic E-state index is -1.75. The summed E-state index contributed by atoms with van der Waals surface area (Å²) in [5, 5.41) is 5.97. The molecule has 0 bridgehead atoms. The lowest BCUT2D eigenvalue weighted by Gasteiger charge is -2.31. The molecule has 2 aromatic carbocycles. The van der Waals surface area contributed by atoms with Gasteiger partial charge in [-0.2, -0.15) is 0 Å². The third-order valence-corrected chi connectivity index (χ3v) is 7.91. The molecule has 8 nitrogen and oxygen atoms in total. The first-order valence-electron chi connectivity index (χ1n) is 15.1. The van der Waals surface area contributed by atoms with Crippen LogP contribution in [0.15, 0.2) is 48.7 Å². The minimum absolute atomic E-state index is 0.166. The number of halogens is 3. The molecule has 244 valence electrons. The topological polar surface area (TPSA) is 99.9 Å². The van der Waals surface area contributed by atoms with Crippen LogP contribution >= 0.6 is 0 Å². The number of nitrogens with zero attached hydrogens (tertiary/aromatic N) is 2. The molecule has 1 unspecified atom stereocenters. The summed E-state index contributed by atoms with van der Waals surface area (Å²) in [4.78, 5) is 28.5. The Balaban J connectivity index is 0.00000177. The molecule has 2 aromatic rings. The van der Waals surface area contributed by atoms with Crippen LogP contribution in [0.3, 0.4) is 0 Å². The molecule has 0 aromatic heterocycles. The predicted molar refractivity (Wildman–Crippen MR) is 170 cm³/mol. The summed E-state index contributed by atoms with van der Waals surface area (Å²) in [6, 6.07) is 11.2. The van der Waals surface area contributed by atoms with Gasteiger partial charge in [-0.3, -0.25) is 9.59 Å². The number of nitrogens with one attached hydrogen (secondary N) is 2. The molecule has 0 radical (unpaired) electrons. The van der Waals surface area contributed by atoms with Gasteiger partial charge in [0, 0.05) is 49.0 Å². The van der Waals surface area contributed by atoms with Crippen LogP contribution in [0, 0.1) is 17.7 Å². The number of rotatable bonds is 13. The van der Waals surface area contributed by atoms with Crippen LogP contribution in [0.4, 0.5) is 18.9 Å². The molecule has 1 fully saturated rings. The lowest BCUT2D eigenvalue weighted by molar-refractivity contribution is -0.115. The second-order valence-corrected chi connectivity index (χ2v) is 11.3. The fourth-order valence-corrected chi connectivity index (χ4v) is 5.48. The monoisotopic (exact) mass is 627 g/mol. The molecular weight excluding hydrogens is 583 g/mol. The van der Waals surface area contributed by atoms with Gasteiger partial charge >= 0.3 is 0 Å². The van der Waals surface area contributed by atoms with Crippen molar-refractivity contribution in [2.75, 3.05) is 45.2 Å². The maximum atomic E-state index is 15.2. The summed E-state index contributed by atoms with van der Waals surface area (Å²) in [5.74, 6) is 4.12. The molecule has 2 aliphatic heterocycles. The zero-order chi connectivity index (χ0) is 32.8. The summed E-state index contributed by atoms with van der Waals surface area (Å²) < 4.78 is 40.4. The number of hydrogen-bond acceptors (Lipinski definition) is 6. The lowest BCUT2D eigenvalue weighted by atomic mass is 9.77. The molecule has 0 saturated carbocycles. The molecule has 4 N–H and O–H groups in total. The molecular formula is C34H44F3N5O3. The van der Waals surface area contributed by atoms with E-state index in [4.69, 9.17) is 10.5 Å². The Labute approximate surface area is 264 Å². The highest BCUT2D eigenvalue weighted by atomic mass is 19.3. The average Bonchev–Trinajstić information content (AvgIpc) is 3.66. The minimum Gasteiger partial charge on any atom is -0.378 e. The van der Waals surface area contributed by atoms with Crippen LogP contribution in [0.5, 0.6) is 0 Å². The number of alkyl halides is 2. The van der Waals surface area contributed by atoms with Gasteiger partial charge in [0.05, 0.1) is 19.3 Å². The third kappa shape index (κ3) is 10.1. The molecule has 11 heteroatoms.